The Morgan fingerprint density at radius 2 is 1.76 bits per heavy atom. The maximum atomic E-state index is 12.8. The molecule has 188 valence electrons. The van der Waals surface area contributed by atoms with Crippen molar-refractivity contribution in [3.05, 3.63) is 95.3 Å². The van der Waals surface area contributed by atoms with Gasteiger partial charge in [-0.25, -0.2) is 4.79 Å². The van der Waals surface area contributed by atoms with Crippen LogP contribution in [0.3, 0.4) is 0 Å². The van der Waals surface area contributed by atoms with Crippen LogP contribution in [0.25, 0.3) is 21.9 Å². The van der Waals surface area contributed by atoms with E-state index < -0.39 is 0 Å². The first-order chi connectivity index (χ1) is 18.2. The minimum Gasteiger partial charge on any atom is -0.379 e. The highest BCUT2D eigenvalue weighted by Gasteiger charge is 2.40. The number of nitrogens with one attached hydrogen (secondary N) is 2. The first-order valence-corrected chi connectivity index (χ1v) is 13.1. The van der Waals surface area contributed by atoms with Gasteiger partial charge < -0.3 is 15.4 Å². The zero-order chi connectivity index (χ0) is 25.2. The summed E-state index contributed by atoms with van der Waals surface area (Å²) in [4.78, 5) is 19.9. The number of aromatic nitrogens is 1. The van der Waals surface area contributed by atoms with Crippen LogP contribution in [0.1, 0.15) is 23.6 Å². The van der Waals surface area contributed by atoms with Crippen molar-refractivity contribution in [2.45, 2.75) is 24.9 Å². The van der Waals surface area contributed by atoms with Gasteiger partial charge in [-0.05, 0) is 41.1 Å². The number of benzene rings is 3. The smallest absolute Gasteiger partial charge is 0.319 e. The summed E-state index contributed by atoms with van der Waals surface area (Å²) in [5.41, 5.74) is 5.07. The summed E-state index contributed by atoms with van der Waals surface area (Å²) in [6.07, 6.45) is 2.84. The monoisotopic (exact) mass is 512 g/mol. The van der Waals surface area contributed by atoms with E-state index in [2.05, 4.69) is 39.8 Å². The number of pyridine rings is 1. The SMILES string of the molecule is O=C(Nc1ccc(-c2ccc(CN3CCOCC3)nc2)c2ccccc12)NC1CC1c1ccccc1Cl. The molecule has 6 rings (SSSR count). The molecule has 3 aromatic carbocycles. The molecule has 2 unspecified atom stereocenters. The Bertz CT molecular complexity index is 1420. The van der Waals surface area contributed by atoms with Crippen molar-refractivity contribution in [2.24, 2.45) is 0 Å². The van der Waals surface area contributed by atoms with E-state index in [1.54, 1.807) is 0 Å². The van der Waals surface area contributed by atoms with Crippen molar-refractivity contribution in [3.8, 4) is 11.1 Å². The summed E-state index contributed by atoms with van der Waals surface area (Å²) in [5.74, 6) is 0.261. The molecule has 6 nitrogen and oxygen atoms in total. The van der Waals surface area contributed by atoms with Gasteiger partial charge in [0.15, 0.2) is 0 Å². The molecule has 1 aromatic heterocycles. The summed E-state index contributed by atoms with van der Waals surface area (Å²) in [6.45, 7) is 4.28. The Balaban J connectivity index is 1.16. The quantitative estimate of drug-likeness (QED) is 0.329. The summed E-state index contributed by atoms with van der Waals surface area (Å²) in [5, 5.41) is 8.98. The number of anilines is 1. The number of carbonyl (C=O) groups is 1. The van der Waals surface area contributed by atoms with Crippen LogP contribution in [-0.4, -0.2) is 48.3 Å². The van der Waals surface area contributed by atoms with Crippen LogP contribution in [0.2, 0.25) is 5.02 Å². The van der Waals surface area contributed by atoms with Crippen LogP contribution in [0.4, 0.5) is 10.5 Å². The van der Waals surface area contributed by atoms with Gasteiger partial charge in [-0.2, -0.15) is 0 Å². The Morgan fingerprint density at radius 1 is 0.973 bits per heavy atom. The Hall–Kier alpha value is -3.45. The summed E-state index contributed by atoms with van der Waals surface area (Å²) >= 11 is 6.33. The number of urea groups is 1. The third kappa shape index (κ3) is 5.32. The number of amides is 2. The normalized spacial score (nSPS) is 19.5. The molecule has 0 radical (unpaired) electrons. The van der Waals surface area contributed by atoms with E-state index in [1.165, 1.54) is 0 Å². The molecule has 2 N–H and O–H groups in total. The van der Waals surface area contributed by atoms with E-state index in [9.17, 15) is 4.79 Å². The Labute approximate surface area is 221 Å². The largest absolute Gasteiger partial charge is 0.379 e. The number of rotatable bonds is 6. The maximum absolute atomic E-state index is 12.8. The van der Waals surface area contributed by atoms with Gasteiger partial charge >= 0.3 is 6.03 Å². The van der Waals surface area contributed by atoms with Gasteiger partial charge in [-0.15, -0.1) is 0 Å². The lowest BCUT2D eigenvalue weighted by molar-refractivity contribution is 0.0336. The molecule has 1 aliphatic carbocycles. The molecule has 1 saturated carbocycles. The second-order valence-corrected chi connectivity index (χ2v) is 10.1. The first kappa shape index (κ1) is 23.9. The first-order valence-electron chi connectivity index (χ1n) is 12.7. The highest BCUT2D eigenvalue weighted by Crippen LogP contribution is 2.43. The number of carbonyl (C=O) groups excluding carboxylic acids is 1. The van der Waals surface area contributed by atoms with Crippen molar-refractivity contribution in [2.75, 3.05) is 31.6 Å². The lowest BCUT2D eigenvalue weighted by Crippen LogP contribution is -2.35. The fraction of sp³-hybridized carbons (Fsp3) is 0.267. The van der Waals surface area contributed by atoms with Gasteiger partial charge in [0.25, 0.3) is 0 Å². The maximum Gasteiger partial charge on any atom is 0.319 e. The van der Waals surface area contributed by atoms with Gasteiger partial charge in [0.2, 0.25) is 0 Å². The molecular formula is C30H29ClN4O2. The fourth-order valence-corrected chi connectivity index (χ4v) is 5.40. The van der Waals surface area contributed by atoms with E-state index in [0.29, 0.717) is 0 Å². The molecule has 0 bridgehead atoms. The topological polar surface area (TPSA) is 66.5 Å². The third-order valence-corrected chi connectivity index (χ3v) is 7.55. The van der Waals surface area contributed by atoms with Crippen molar-refractivity contribution in [1.82, 2.24) is 15.2 Å². The Morgan fingerprint density at radius 3 is 2.54 bits per heavy atom. The van der Waals surface area contributed by atoms with Crippen LogP contribution >= 0.6 is 11.6 Å². The molecule has 0 spiro atoms. The fourth-order valence-electron chi connectivity index (χ4n) is 5.13. The van der Waals surface area contributed by atoms with Gasteiger partial charge in [0.05, 0.1) is 24.6 Å². The molecule has 2 atom stereocenters. The number of halogens is 1. The van der Waals surface area contributed by atoms with Crippen molar-refractivity contribution >= 4 is 34.1 Å². The third-order valence-electron chi connectivity index (χ3n) is 7.21. The van der Waals surface area contributed by atoms with Crippen LogP contribution < -0.4 is 10.6 Å². The van der Waals surface area contributed by atoms with Gasteiger partial charge in [-0.1, -0.05) is 66.2 Å². The number of hydrogen-bond donors (Lipinski definition) is 2. The van der Waals surface area contributed by atoms with Crippen LogP contribution in [0.15, 0.2) is 79.0 Å². The van der Waals surface area contributed by atoms with Gasteiger partial charge in [-0.3, -0.25) is 9.88 Å². The Kier molecular flexibility index (Phi) is 6.79. The lowest BCUT2D eigenvalue weighted by atomic mass is 9.98. The van der Waals surface area contributed by atoms with Crippen LogP contribution in [0.5, 0.6) is 0 Å². The van der Waals surface area contributed by atoms with Gasteiger partial charge in [0, 0.05) is 53.8 Å². The number of nitrogens with zero attached hydrogens (tertiary/aromatic N) is 2. The number of hydrogen-bond acceptors (Lipinski definition) is 4. The van der Waals surface area contributed by atoms with E-state index in [0.717, 1.165) is 83.1 Å². The zero-order valence-corrected chi connectivity index (χ0v) is 21.2. The van der Waals surface area contributed by atoms with E-state index in [1.807, 2.05) is 54.7 Å². The van der Waals surface area contributed by atoms with Crippen LogP contribution in [0, 0.1) is 0 Å². The van der Waals surface area contributed by atoms with Gasteiger partial charge in [0.1, 0.15) is 0 Å². The molecule has 4 aromatic rings. The highest BCUT2D eigenvalue weighted by atomic mass is 35.5. The van der Waals surface area contributed by atoms with Crippen molar-refractivity contribution in [3.63, 3.8) is 0 Å². The molecule has 2 fully saturated rings. The predicted octanol–water partition coefficient (Wildman–Crippen LogP) is 6.07. The minimum absolute atomic E-state index is 0.0903. The van der Waals surface area contributed by atoms with Crippen molar-refractivity contribution < 1.29 is 9.53 Å². The second kappa shape index (κ2) is 10.5. The average Bonchev–Trinajstić information content (AvgIpc) is 3.69. The molecule has 2 amide bonds. The lowest BCUT2D eigenvalue weighted by Gasteiger charge is -2.26. The molecule has 2 heterocycles. The predicted molar refractivity (Wildman–Crippen MR) is 148 cm³/mol. The number of ether oxygens (including phenoxy) is 1. The van der Waals surface area contributed by atoms with E-state index >= 15 is 0 Å². The molecule has 1 saturated heterocycles. The summed E-state index contributed by atoms with van der Waals surface area (Å²) in [6, 6.07) is 24.1. The number of fused-ring (bicyclic) bond motifs is 1. The number of morpholine rings is 1. The molecule has 7 heteroatoms. The second-order valence-electron chi connectivity index (χ2n) is 9.70. The standard InChI is InChI=1S/C30H29ClN4O2/c31-27-8-4-3-6-24(27)26-17-29(26)34-30(36)33-28-12-11-22(23-5-1-2-7-25(23)28)20-9-10-21(32-18-20)19-35-13-15-37-16-14-35/h1-12,18,26,29H,13-17,19H2,(H2,33,34,36). The molecule has 2 aliphatic rings. The minimum atomic E-state index is -0.202. The molecule has 37 heavy (non-hydrogen) atoms. The molecular weight excluding hydrogens is 484 g/mol. The highest BCUT2D eigenvalue weighted by molar-refractivity contribution is 6.31. The summed E-state index contributed by atoms with van der Waals surface area (Å²) in [7, 11) is 0. The van der Waals surface area contributed by atoms with Crippen LogP contribution in [-0.2, 0) is 11.3 Å². The summed E-state index contributed by atoms with van der Waals surface area (Å²) < 4.78 is 5.44. The van der Waals surface area contributed by atoms with E-state index in [4.69, 9.17) is 21.3 Å². The molecule has 1 aliphatic heterocycles. The van der Waals surface area contributed by atoms with E-state index in [-0.39, 0.29) is 18.0 Å². The van der Waals surface area contributed by atoms with Crippen molar-refractivity contribution in [1.29, 1.82) is 0 Å². The zero-order valence-electron chi connectivity index (χ0n) is 20.5. The average molecular weight is 513 g/mol.